The third-order valence-corrected chi connectivity index (χ3v) is 3.96. The van der Waals surface area contributed by atoms with Crippen LogP contribution in [0.25, 0.3) is 11.0 Å². The van der Waals surface area contributed by atoms with Crippen molar-refractivity contribution in [2.45, 2.75) is 20.8 Å². The molecule has 0 aliphatic heterocycles. The Bertz CT molecular complexity index is 1030. The molecule has 0 saturated carbocycles. The fourth-order valence-corrected chi connectivity index (χ4v) is 2.84. The van der Waals surface area contributed by atoms with E-state index in [9.17, 15) is 14.4 Å². The van der Waals surface area contributed by atoms with Gasteiger partial charge in [0.15, 0.2) is 11.5 Å². The van der Waals surface area contributed by atoms with Crippen LogP contribution >= 0.6 is 0 Å². The van der Waals surface area contributed by atoms with Crippen molar-refractivity contribution >= 4 is 34.5 Å². The van der Waals surface area contributed by atoms with Crippen LogP contribution < -0.4 is 11.1 Å². The number of rotatable bonds is 4. The summed E-state index contributed by atoms with van der Waals surface area (Å²) in [7, 11) is 0. The monoisotopic (exact) mass is 340 g/mol. The number of anilines is 1. The highest BCUT2D eigenvalue weighted by atomic mass is 16.4. The van der Waals surface area contributed by atoms with Crippen molar-refractivity contribution in [3.05, 3.63) is 52.5 Å². The zero-order chi connectivity index (χ0) is 18.3. The number of nitrogens with two attached hydrogens (primary N) is 1. The third-order valence-electron chi connectivity index (χ3n) is 3.96. The zero-order valence-corrected chi connectivity index (χ0v) is 13.9. The average Bonchev–Trinajstić information content (AvgIpc) is 3.05. The maximum absolute atomic E-state index is 12.6. The Morgan fingerprint density at radius 1 is 1.04 bits per heavy atom. The average molecular weight is 340 g/mol. The van der Waals surface area contributed by atoms with Gasteiger partial charge < -0.3 is 14.6 Å². The second-order valence-electron chi connectivity index (χ2n) is 5.66. The lowest BCUT2D eigenvalue weighted by atomic mass is 10.1. The molecule has 3 aromatic rings. The summed E-state index contributed by atoms with van der Waals surface area (Å²) in [5.41, 5.74) is 6.49. The summed E-state index contributed by atoms with van der Waals surface area (Å²) in [5, 5.41) is 3.28. The molecule has 0 fully saturated rings. The minimum atomic E-state index is -0.862. The van der Waals surface area contributed by atoms with Crippen LogP contribution in [0.2, 0.25) is 0 Å². The van der Waals surface area contributed by atoms with Gasteiger partial charge in [-0.05, 0) is 26.8 Å². The number of benzene rings is 1. The largest absolute Gasteiger partial charge is 0.451 e. The van der Waals surface area contributed by atoms with E-state index in [1.165, 1.54) is 13.8 Å². The van der Waals surface area contributed by atoms with Gasteiger partial charge in [-0.1, -0.05) is 18.2 Å². The van der Waals surface area contributed by atoms with Crippen LogP contribution in [0, 0.1) is 13.8 Å². The number of hydrogen-bond donors (Lipinski definition) is 2. The molecule has 25 heavy (non-hydrogen) atoms. The Labute approximate surface area is 142 Å². The number of nitrogens with one attached hydrogen (secondary N) is 1. The van der Waals surface area contributed by atoms with E-state index in [0.717, 1.165) is 5.39 Å². The molecule has 0 spiro atoms. The zero-order valence-electron chi connectivity index (χ0n) is 13.9. The number of fused-ring (bicyclic) bond motifs is 1. The number of carbonyl (C=O) groups is 3. The Kier molecular flexibility index (Phi) is 3.92. The number of furan rings is 2. The molecule has 2 amide bonds. The van der Waals surface area contributed by atoms with E-state index in [4.69, 9.17) is 14.6 Å². The van der Waals surface area contributed by atoms with Crippen molar-refractivity contribution in [3.63, 3.8) is 0 Å². The number of aryl methyl sites for hydroxylation is 2. The summed E-state index contributed by atoms with van der Waals surface area (Å²) in [6.07, 6.45) is 0. The van der Waals surface area contributed by atoms with Crippen molar-refractivity contribution in [2.24, 2.45) is 5.73 Å². The maximum atomic E-state index is 12.6. The van der Waals surface area contributed by atoms with Crippen LogP contribution in [-0.2, 0) is 0 Å². The molecule has 3 N–H and O–H groups in total. The SMILES string of the molecule is CC(=O)c1c(C)oc(NC(=O)c2oc3ccccc3c2C)c1C(N)=O. The Morgan fingerprint density at radius 2 is 1.72 bits per heavy atom. The smallest absolute Gasteiger partial charge is 0.294 e. The Balaban J connectivity index is 2.03. The first-order chi connectivity index (χ1) is 11.8. The summed E-state index contributed by atoms with van der Waals surface area (Å²) in [4.78, 5) is 36.0. The van der Waals surface area contributed by atoms with Crippen molar-refractivity contribution in [3.8, 4) is 0 Å². The van der Waals surface area contributed by atoms with Gasteiger partial charge in [0, 0.05) is 10.9 Å². The summed E-state index contributed by atoms with van der Waals surface area (Å²) in [6.45, 7) is 4.56. The lowest BCUT2D eigenvalue weighted by Gasteiger charge is -2.03. The minimum Gasteiger partial charge on any atom is -0.451 e. The lowest BCUT2D eigenvalue weighted by Crippen LogP contribution is -2.19. The van der Waals surface area contributed by atoms with Gasteiger partial charge in [0.2, 0.25) is 5.88 Å². The normalized spacial score (nSPS) is 10.8. The van der Waals surface area contributed by atoms with Crippen LogP contribution in [-0.4, -0.2) is 17.6 Å². The van der Waals surface area contributed by atoms with E-state index in [1.54, 1.807) is 19.1 Å². The second-order valence-corrected chi connectivity index (χ2v) is 5.66. The fourth-order valence-electron chi connectivity index (χ4n) is 2.84. The Morgan fingerprint density at radius 3 is 2.32 bits per heavy atom. The van der Waals surface area contributed by atoms with Gasteiger partial charge in [-0.2, -0.15) is 0 Å². The van der Waals surface area contributed by atoms with E-state index in [2.05, 4.69) is 5.32 Å². The van der Waals surface area contributed by atoms with E-state index in [1.807, 2.05) is 12.1 Å². The van der Waals surface area contributed by atoms with E-state index >= 15 is 0 Å². The first-order valence-corrected chi connectivity index (χ1v) is 7.54. The predicted octanol–water partition coefficient (Wildman–Crippen LogP) is 3.20. The van der Waals surface area contributed by atoms with Crippen LogP contribution in [0.4, 0.5) is 5.88 Å². The minimum absolute atomic E-state index is 0.0594. The lowest BCUT2D eigenvalue weighted by molar-refractivity contribution is 0.0973. The molecule has 7 heteroatoms. The molecule has 7 nitrogen and oxygen atoms in total. The molecule has 0 aliphatic carbocycles. The van der Waals surface area contributed by atoms with Crippen LogP contribution in [0.1, 0.15) is 49.5 Å². The van der Waals surface area contributed by atoms with Crippen molar-refractivity contribution in [1.82, 2.24) is 0 Å². The number of para-hydroxylation sites is 1. The van der Waals surface area contributed by atoms with Crippen LogP contribution in [0.5, 0.6) is 0 Å². The highest BCUT2D eigenvalue weighted by molar-refractivity contribution is 6.14. The third kappa shape index (κ3) is 2.69. The molecular weight excluding hydrogens is 324 g/mol. The van der Waals surface area contributed by atoms with Gasteiger partial charge in [0.05, 0.1) is 5.56 Å². The molecule has 128 valence electrons. The van der Waals surface area contributed by atoms with E-state index < -0.39 is 11.8 Å². The number of amides is 2. The van der Waals surface area contributed by atoms with Gasteiger partial charge in [0.1, 0.15) is 16.9 Å². The molecule has 2 aromatic heterocycles. The highest BCUT2D eigenvalue weighted by Gasteiger charge is 2.27. The highest BCUT2D eigenvalue weighted by Crippen LogP contribution is 2.29. The number of ketones is 1. The van der Waals surface area contributed by atoms with E-state index in [-0.39, 0.29) is 34.3 Å². The molecule has 0 radical (unpaired) electrons. The topological polar surface area (TPSA) is 116 Å². The summed E-state index contributed by atoms with van der Waals surface area (Å²) in [5.74, 6) is -1.71. The Hall–Kier alpha value is -3.35. The first kappa shape index (κ1) is 16.5. The van der Waals surface area contributed by atoms with Crippen molar-refractivity contribution in [2.75, 3.05) is 5.32 Å². The summed E-state index contributed by atoms with van der Waals surface area (Å²) < 4.78 is 11.0. The molecule has 0 atom stereocenters. The molecule has 3 rings (SSSR count). The number of carbonyl (C=O) groups excluding carboxylic acids is 3. The van der Waals surface area contributed by atoms with Gasteiger partial charge in [-0.15, -0.1) is 0 Å². The number of Topliss-reactive ketones (excluding diaryl/α,β-unsaturated/α-hetero) is 1. The standard InChI is InChI=1S/C18H16N2O5/c1-8-11-6-4-5-7-12(11)25-15(8)17(23)20-18-14(16(19)22)13(9(2)21)10(3)24-18/h4-7H,1-3H3,(H2,19,22)(H,20,23). The number of hydrogen-bond acceptors (Lipinski definition) is 5. The quantitative estimate of drug-likeness (QED) is 0.708. The number of primary amides is 1. The molecule has 0 bridgehead atoms. The molecule has 0 aliphatic rings. The van der Waals surface area contributed by atoms with Crippen molar-refractivity contribution < 1.29 is 23.2 Å². The van der Waals surface area contributed by atoms with E-state index in [0.29, 0.717) is 11.1 Å². The molecule has 0 unspecified atom stereocenters. The molecule has 2 heterocycles. The van der Waals surface area contributed by atoms with Gasteiger partial charge in [-0.25, -0.2) is 0 Å². The second kappa shape index (κ2) is 5.94. The maximum Gasteiger partial charge on any atom is 0.294 e. The van der Waals surface area contributed by atoms with Gasteiger partial charge in [0.25, 0.3) is 11.8 Å². The summed E-state index contributed by atoms with van der Waals surface area (Å²) in [6, 6.07) is 7.23. The molecule has 1 aromatic carbocycles. The molecular formula is C18H16N2O5. The predicted molar refractivity (Wildman–Crippen MR) is 90.9 cm³/mol. The van der Waals surface area contributed by atoms with Crippen molar-refractivity contribution in [1.29, 1.82) is 0 Å². The van der Waals surface area contributed by atoms with Crippen LogP contribution in [0.3, 0.4) is 0 Å². The molecule has 0 saturated heterocycles. The van der Waals surface area contributed by atoms with Gasteiger partial charge in [-0.3, -0.25) is 19.7 Å². The fraction of sp³-hybridized carbons (Fsp3) is 0.167. The van der Waals surface area contributed by atoms with Gasteiger partial charge >= 0.3 is 0 Å². The summed E-state index contributed by atoms with van der Waals surface area (Å²) >= 11 is 0. The first-order valence-electron chi connectivity index (χ1n) is 7.54. The van der Waals surface area contributed by atoms with Crippen LogP contribution in [0.15, 0.2) is 33.1 Å².